The predicted molar refractivity (Wildman–Crippen MR) is 39.7 cm³/mol. The van der Waals surface area contributed by atoms with Gasteiger partial charge in [-0.1, -0.05) is 0 Å². The first-order chi connectivity index (χ1) is 4.72. The van der Waals surface area contributed by atoms with Crippen molar-refractivity contribution < 1.29 is 13.6 Å². The molecule has 0 aromatic rings. The van der Waals surface area contributed by atoms with Crippen LogP contribution in [0.3, 0.4) is 0 Å². The second kappa shape index (κ2) is 11.7. The van der Waals surface area contributed by atoms with E-state index in [1.807, 2.05) is 0 Å². The summed E-state index contributed by atoms with van der Waals surface area (Å²) >= 11 is 0. The zero-order valence-electron chi connectivity index (χ0n) is 6.24. The Balaban J connectivity index is 0. The zero-order chi connectivity index (χ0) is 8.41. The maximum Gasteiger partial charge on any atom is 0.696 e. The molecule has 0 aliphatic heterocycles. The first-order valence-corrected chi connectivity index (χ1v) is 3.78. The minimum absolute atomic E-state index is 0.597. The van der Waals surface area contributed by atoms with Gasteiger partial charge in [-0.15, -0.1) is 9.05 Å². The predicted octanol–water partition coefficient (Wildman–Crippen LogP) is -0.160. The molecule has 0 atom stereocenters. The maximum atomic E-state index is 9.88. The van der Waals surface area contributed by atoms with Crippen molar-refractivity contribution in [3.05, 3.63) is 0 Å². The molecule has 0 unspecified atom stereocenters. The van der Waals surface area contributed by atoms with Crippen LogP contribution in [0.4, 0.5) is 0 Å². The third-order valence-electron chi connectivity index (χ3n) is 0.465. The van der Waals surface area contributed by atoms with E-state index >= 15 is 0 Å². The molecule has 6 heteroatoms. The second-order valence-electron chi connectivity index (χ2n) is 1.17. The van der Waals surface area contributed by atoms with Crippen molar-refractivity contribution in [3.8, 4) is 0 Å². The molecule has 5 nitrogen and oxygen atoms in total. The molecule has 4 N–H and O–H groups in total. The Labute approximate surface area is 61.6 Å². The molecular weight excluding hydrogens is 155 g/mol. The van der Waals surface area contributed by atoms with E-state index in [1.54, 1.807) is 0 Å². The normalized spacial score (nSPS) is 8.00. The molecule has 0 bridgehead atoms. The molecule has 0 saturated heterocycles. The van der Waals surface area contributed by atoms with Gasteiger partial charge in [0.05, 0.1) is 14.2 Å². The summed E-state index contributed by atoms with van der Waals surface area (Å²) in [5.74, 6) is 0. The Morgan fingerprint density at radius 3 is 1.50 bits per heavy atom. The van der Waals surface area contributed by atoms with Crippen LogP contribution in [0.1, 0.15) is 0 Å². The lowest BCUT2D eigenvalue weighted by Crippen LogP contribution is -2.11. The summed E-state index contributed by atoms with van der Waals surface area (Å²) in [7, 11) is 0.817. The van der Waals surface area contributed by atoms with Crippen molar-refractivity contribution in [3.63, 3.8) is 0 Å². The standard InChI is InChI=1S/C2H8N2.C2H6O3P/c3-1-2-4;1-4-6(3)5-2/h1-4H2;1-2H3/q;+1. The monoisotopic (exact) mass is 169 g/mol. The van der Waals surface area contributed by atoms with Gasteiger partial charge in [0.2, 0.25) is 0 Å². The van der Waals surface area contributed by atoms with Gasteiger partial charge in [-0.25, -0.2) is 0 Å². The molecule has 0 rings (SSSR count). The van der Waals surface area contributed by atoms with Gasteiger partial charge in [0, 0.05) is 17.7 Å². The molecule has 0 radical (unpaired) electrons. The fourth-order valence-corrected chi connectivity index (χ4v) is 0.224. The lowest BCUT2D eigenvalue weighted by molar-refractivity contribution is 0.302. The lowest BCUT2D eigenvalue weighted by atomic mass is 10.7. The summed E-state index contributed by atoms with van der Waals surface area (Å²) in [6.45, 7) is 1.19. The molecule has 10 heavy (non-hydrogen) atoms. The maximum absolute atomic E-state index is 9.88. The highest BCUT2D eigenvalue weighted by atomic mass is 31.1. The Hall–Kier alpha value is -0.0600. The molecule has 0 aromatic heterocycles. The van der Waals surface area contributed by atoms with E-state index in [0.717, 1.165) is 0 Å². The van der Waals surface area contributed by atoms with E-state index in [0.29, 0.717) is 13.1 Å². The number of rotatable bonds is 3. The Bertz CT molecular complexity index is 72.9. The molecule has 0 heterocycles. The van der Waals surface area contributed by atoms with Crippen LogP contribution in [0.15, 0.2) is 0 Å². The first kappa shape index (κ1) is 12.6. The van der Waals surface area contributed by atoms with Crippen LogP contribution < -0.4 is 11.5 Å². The smallest absolute Gasteiger partial charge is 0.329 e. The van der Waals surface area contributed by atoms with Crippen molar-refractivity contribution >= 4 is 8.25 Å². The van der Waals surface area contributed by atoms with Crippen molar-refractivity contribution in [2.45, 2.75) is 0 Å². The van der Waals surface area contributed by atoms with Crippen LogP contribution in [0.25, 0.3) is 0 Å². The third kappa shape index (κ3) is 15.7. The number of nitrogens with two attached hydrogens (primary N) is 2. The van der Waals surface area contributed by atoms with Crippen LogP contribution in [-0.4, -0.2) is 27.3 Å². The van der Waals surface area contributed by atoms with Crippen LogP contribution >= 0.6 is 8.25 Å². The molecule has 0 aliphatic carbocycles. The van der Waals surface area contributed by atoms with Gasteiger partial charge in [0.1, 0.15) is 0 Å². The highest BCUT2D eigenvalue weighted by Crippen LogP contribution is 2.18. The van der Waals surface area contributed by atoms with Crippen LogP contribution in [0, 0.1) is 0 Å². The fraction of sp³-hybridized carbons (Fsp3) is 1.00. The fourth-order valence-electron chi connectivity index (χ4n) is 0.0745. The van der Waals surface area contributed by atoms with Gasteiger partial charge in [0.25, 0.3) is 0 Å². The highest BCUT2D eigenvalue weighted by Gasteiger charge is 2.10. The topological polar surface area (TPSA) is 87.6 Å². The first-order valence-electron chi connectivity index (χ1n) is 2.68. The summed E-state index contributed by atoms with van der Waals surface area (Å²) in [5, 5.41) is 0. The molecular formula is C4H14N2O3P+. The molecule has 62 valence electrons. The molecule has 0 aromatic carbocycles. The van der Waals surface area contributed by atoms with E-state index in [2.05, 4.69) is 9.05 Å². The zero-order valence-corrected chi connectivity index (χ0v) is 7.14. The van der Waals surface area contributed by atoms with E-state index < -0.39 is 8.25 Å². The van der Waals surface area contributed by atoms with Gasteiger partial charge >= 0.3 is 8.25 Å². The lowest BCUT2D eigenvalue weighted by Gasteiger charge is -1.72. The van der Waals surface area contributed by atoms with Gasteiger partial charge in [-0.05, 0) is 0 Å². The SMILES string of the molecule is CO[P+](=O)OC.NCCN. The van der Waals surface area contributed by atoms with E-state index in [-0.39, 0.29) is 0 Å². The average molecular weight is 169 g/mol. The van der Waals surface area contributed by atoms with Crippen molar-refractivity contribution in [1.29, 1.82) is 0 Å². The third-order valence-corrected chi connectivity index (χ3v) is 1.06. The van der Waals surface area contributed by atoms with E-state index in [4.69, 9.17) is 11.5 Å². The summed E-state index contributed by atoms with van der Waals surface area (Å²) in [6, 6.07) is 0. The quantitative estimate of drug-likeness (QED) is 0.573. The van der Waals surface area contributed by atoms with Crippen LogP contribution in [-0.2, 0) is 13.6 Å². The Morgan fingerprint density at radius 2 is 1.50 bits per heavy atom. The summed E-state index contributed by atoms with van der Waals surface area (Å²) in [6.07, 6.45) is 0. The number of hydrogen-bond donors (Lipinski definition) is 2. The Kier molecular flexibility index (Phi) is 14.7. The van der Waals surface area contributed by atoms with Gasteiger partial charge < -0.3 is 11.5 Å². The van der Waals surface area contributed by atoms with Gasteiger partial charge in [-0.2, -0.15) is 0 Å². The molecule has 0 spiro atoms. The van der Waals surface area contributed by atoms with Crippen LogP contribution in [0.2, 0.25) is 0 Å². The minimum atomic E-state index is -1.83. The average Bonchev–Trinajstić information content (AvgIpc) is 2.03. The molecule has 0 aliphatic rings. The Morgan fingerprint density at radius 1 is 1.20 bits per heavy atom. The van der Waals surface area contributed by atoms with Gasteiger partial charge in [0.15, 0.2) is 0 Å². The van der Waals surface area contributed by atoms with Crippen LogP contribution in [0.5, 0.6) is 0 Å². The summed E-state index contributed by atoms with van der Waals surface area (Å²) in [5.41, 5.74) is 9.81. The largest absolute Gasteiger partial charge is 0.696 e. The van der Waals surface area contributed by atoms with Crippen molar-refractivity contribution in [2.24, 2.45) is 11.5 Å². The highest BCUT2D eigenvalue weighted by molar-refractivity contribution is 7.33. The molecule has 0 saturated carbocycles. The number of hydrogen-bond acceptors (Lipinski definition) is 5. The molecule has 0 amide bonds. The summed E-state index contributed by atoms with van der Waals surface area (Å²) in [4.78, 5) is 0. The van der Waals surface area contributed by atoms with E-state index in [9.17, 15) is 4.57 Å². The summed E-state index contributed by atoms with van der Waals surface area (Å²) < 4.78 is 18.3. The van der Waals surface area contributed by atoms with E-state index in [1.165, 1.54) is 14.2 Å². The minimum Gasteiger partial charge on any atom is -0.329 e. The molecule has 0 fully saturated rings. The second-order valence-corrected chi connectivity index (χ2v) is 2.34. The van der Waals surface area contributed by atoms with Crippen molar-refractivity contribution in [1.82, 2.24) is 0 Å². The van der Waals surface area contributed by atoms with Crippen molar-refractivity contribution in [2.75, 3.05) is 27.3 Å². The van der Waals surface area contributed by atoms with Gasteiger partial charge in [-0.3, -0.25) is 0 Å².